The third kappa shape index (κ3) is 5.52. The Labute approximate surface area is 258 Å². The van der Waals surface area contributed by atoms with Crippen molar-refractivity contribution >= 4 is 45.5 Å². The van der Waals surface area contributed by atoms with Crippen LogP contribution in [0.1, 0.15) is 71.5 Å². The fraction of sp³-hybridized carbons (Fsp3) is 0.344. The number of aliphatic hydroxyl groups is 1. The third-order valence-electron chi connectivity index (χ3n) is 7.33. The second kappa shape index (κ2) is 12.9. The highest BCUT2D eigenvalue weighted by atomic mass is 32.1. The van der Waals surface area contributed by atoms with Gasteiger partial charge in [-0.1, -0.05) is 43.2 Å². The number of thiazole rings is 1. The van der Waals surface area contributed by atoms with E-state index >= 15 is 0 Å². The fourth-order valence-electron chi connectivity index (χ4n) is 5.25. The van der Waals surface area contributed by atoms with Crippen LogP contribution in [0.2, 0.25) is 0 Å². The number of benzene rings is 1. The average molecular weight is 619 g/mol. The van der Waals surface area contributed by atoms with Crippen LogP contribution >= 0.6 is 11.3 Å². The van der Waals surface area contributed by atoms with Gasteiger partial charge in [0.25, 0.3) is 5.78 Å². The SMILES string of the molecule is CCCCCOc1ccc(C2/C(=C(\O)c3c(C)nc4ccccn34)C(=O)C(=O)N2c2nc(C)c(C(=O)OCC)s2)cc1OC. The standard InChI is InChI=1S/C32H34N4O7S/c1-6-8-11-16-43-21-14-13-20(17-22(21)41-5)26-24(27(37)25-18(3)33-23-12-9-10-15-35(23)25)28(38)30(39)36(26)32-34-19(4)29(44-32)31(40)42-7-2/h9-10,12-15,17,26,37H,6-8,11,16H2,1-5H3/b27-24+. The number of ketones is 1. The molecule has 1 unspecified atom stereocenters. The van der Waals surface area contributed by atoms with Gasteiger partial charge < -0.3 is 19.3 Å². The first-order chi connectivity index (χ1) is 21.2. The number of methoxy groups -OCH3 is 1. The van der Waals surface area contributed by atoms with Gasteiger partial charge in [-0.25, -0.2) is 14.8 Å². The average Bonchev–Trinajstić information content (AvgIpc) is 3.65. The summed E-state index contributed by atoms with van der Waals surface area (Å²) in [5.41, 5.74) is 2.01. The summed E-state index contributed by atoms with van der Waals surface area (Å²) in [7, 11) is 1.51. The molecule has 3 aromatic heterocycles. The number of imidazole rings is 1. The minimum absolute atomic E-state index is 0.116. The second-order valence-corrected chi connectivity index (χ2v) is 11.2. The number of esters is 1. The van der Waals surface area contributed by atoms with Crippen molar-refractivity contribution in [3.05, 3.63) is 75.7 Å². The first-order valence-electron chi connectivity index (χ1n) is 14.4. The van der Waals surface area contributed by atoms with Crippen LogP contribution in [0.25, 0.3) is 11.4 Å². The lowest BCUT2D eigenvalue weighted by molar-refractivity contribution is -0.132. The van der Waals surface area contributed by atoms with Crippen LogP contribution in [0.5, 0.6) is 11.5 Å². The van der Waals surface area contributed by atoms with Crippen molar-refractivity contribution in [2.24, 2.45) is 0 Å². The first kappa shape index (κ1) is 30.7. The first-order valence-corrected chi connectivity index (χ1v) is 15.2. The quantitative estimate of drug-likeness (QED) is 0.0729. The van der Waals surface area contributed by atoms with E-state index in [-0.39, 0.29) is 33.6 Å². The summed E-state index contributed by atoms with van der Waals surface area (Å²) in [4.78, 5) is 50.6. The molecular formula is C32H34N4O7S. The molecule has 0 radical (unpaired) electrons. The predicted molar refractivity (Wildman–Crippen MR) is 166 cm³/mol. The number of hydrogen-bond donors (Lipinski definition) is 1. The van der Waals surface area contributed by atoms with Gasteiger partial charge in [0, 0.05) is 6.20 Å². The number of fused-ring (bicyclic) bond motifs is 1. The molecule has 11 nitrogen and oxygen atoms in total. The number of aliphatic hydroxyl groups excluding tert-OH is 1. The maximum Gasteiger partial charge on any atom is 0.350 e. The van der Waals surface area contributed by atoms with Crippen molar-refractivity contribution in [1.82, 2.24) is 14.4 Å². The number of carbonyl (C=O) groups excluding carboxylic acids is 3. The number of amides is 1. The van der Waals surface area contributed by atoms with Crippen LogP contribution in [0.3, 0.4) is 0 Å². The summed E-state index contributed by atoms with van der Waals surface area (Å²) < 4.78 is 18.4. The number of pyridine rings is 1. The normalized spacial score (nSPS) is 16.1. The van der Waals surface area contributed by atoms with Gasteiger partial charge in [-0.2, -0.15) is 0 Å². The molecular weight excluding hydrogens is 584 g/mol. The van der Waals surface area contributed by atoms with E-state index in [1.54, 1.807) is 61.7 Å². The number of unbranched alkanes of at least 4 members (excludes halogenated alkanes) is 2. The second-order valence-electron chi connectivity index (χ2n) is 10.2. The fourth-order valence-corrected chi connectivity index (χ4v) is 6.24. The van der Waals surface area contributed by atoms with Crippen LogP contribution in [-0.4, -0.2) is 57.5 Å². The minimum Gasteiger partial charge on any atom is -0.505 e. The predicted octanol–water partition coefficient (Wildman–Crippen LogP) is 5.79. The molecule has 1 aromatic carbocycles. The van der Waals surface area contributed by atoms with Crippen molar-refractivity contribution in [2.75, 3.05) is 25.2 Å². The molecule has 230 valence electrons. The van der Waals surface area contributed by atoms with Crippen molar-refractivity contribution in [2.45, 2.75) is 53.0 Å². The van der Waals surface area contributed by atoms with E-state index in [2.05, 4.69) is 16.9 Å². The third-order valence-corrected chi connectivity index (χ3v) is 8.47. The molecule has 5 rings (SSSR count). The number of rotatable bonds is 11. The van der Waals surface area contributed by atoms with Crippen molar-refractivity contribution < 1.29 is 33.7 Å². The molecule has 44 heavy (non-hydrogen) atoms. The summed E-state index contributed by atoms with van der Waals surface area (Å²) >= 11 is 0.944. The Bertz CT molecular complexity index is 1770. The van der Waals surface area contributed by atoms with Gasteiger partial charge in [0.05, 0.1) is 43.3 Å². The zero-order valence-electron chi connectivity index (χ0n) is 25.2. The van der Waals surface area contributed by atoms with Crippen molar-refractivity contribution in [1.29, 1.82) is 0 Å². The Morgan fingerprint density at radius 3 is 2.57 bits per heavy atom. The van der Waals surface area contributed by atoms with Crippen LogP contribution in [0, 0.1) is 13.8 Å². The molecule has 1 aliphatic heterocycles. The van der Waals surface area contributed by atoms with Gasteiger partial charge in [0.15, 0.2) is 22.4 Å². The molecule has 1 fully saturated rings. The van der Waals surface area contributed by atoms with E-state index < -0.39 is 23.7 Å². The lowest BCUT2D eigenvalue weighted by Gasteiger charge is -2.24. The molecule has 1 aliphatic rings. The highest BCUT2D eigenvalue weighted by Gasteiger charge is 2.49. The van der Waals surface area contributed by atoms with Crippen LogP contribution < -0.4 is 14.4 Å². The number of hydrogen-bond acceptors (Lipinski definition) is 10. The van der Waals surface area contributed by atoms with Crippen molar-refractivity contribution in [3.63, 3.8) is 0 Å². The number of carbonyl (C=O) groups is 3. The van der Waals surface area contributed by atoms with Gasteiger partial charge in [-0.05, 0) is 57.0 Å². The highest BCUT2D eigenvalue weighted by molar-refractivity contribution is 7.17. The summed E-state index contributed by atoms with van der Waals surface area (Å²) in [6.45, 7) is 7.83. The largest absolute Gasteiger partial charge is 0.505 e. The molecule has 12 heteroatoms. The molecule has 0 saturated carbocycles. The highest BCUT2D eigenvalue weighted by Crippen LogP contribution is 2.46. The smallest absolute Gasteiger partial charge is 0.350 e. The maximum atomic E-state index is 13.8. The molecule has 0 aliphatic carbocycles. The van der Waals surface area contributed by atoms with E-state index in [0.717, 1.165) is 30.6 Å². The number of nitrogens with zero attached hydrogens (tertiary/aromatic N) is 4. The number of ether oxygens (including phenoxy) is 3. The molecule has 4 aromatic rings. The molecule has 4 heterocycles. The van der Waals surface area contributed by atoms with Gasteiger partial charge >= 0.3 is 11.9 Å². The maximum absolute atomic E-state index is 13.8. The number of aryl methyl sites for hydroxylation is 2. The Balaban J connectivity index is 1.69. The minimum atomic E-state index is -1.10. The molecule has 1 atom stereocenters. The molecule has 1 N–H and O–H groups in total. The summed E-state index contributed by atoms with van der Waals surface area (Å²) in [5.74, 6) is -1.85. The van der Waals surface area contributed by atoms with Crippen molar-refractivity contribution in [3.8, 4) is 11.5 Å². The Kier molecular flexibility index (Phi) is 9.00. The number of Topliss-reactive ketones (excluding diaryl/α,β-unsaturated/α-hetero) is 1. The van der Waals surface area contributed by atoms with Crippen LogP contribution in [0.4, 0.5) is 5.13 Å². The molecule has 1 amide bonds. The van der Waals surface area contributed by atoms with Crippen LogP contribution in [0.15, 0.2) is 48.2 Å². The van der Waals surface area contributed by atoms with Gasteiger partial charge in [0.2, 0.25) is 0 Å². The Morgan fingerprint density at radius 2 is 1.84 bits per heavy atom. The zero-order valence-corrected chi connectivity index (χ0v) is 26.1. The van der Waals surface area contributed by atoms with Crippen LogP contribution in [-0.2, 0) is 14.3 Å². The van der Waals surface area contributed by atoms with E-state index in [1.165, 1.54) is 12.0 Å². The summed E-state index contributed by atoms with van der Waals surface area (Å²) in [5, 5.41) is 11.9. The summed E-state index contributed by atoms with van der Waals surface area (Å²) in [6, 6.07) is 9.39. The molecule has 1 saturated heterocycles. The van der Waals surface area contributed by atoms with Gasteiger partial charge in [-0.3, -0.25) is 18.9 Å². The topological polar surface area (TPSA) is 133 Å². The summed E-state index contributed by atoms with van der Waals surface area (Å²) in [6.07, 6.45) is 4.68. The van der Waals surface area contributed by atoms with E-state index in [1.807, 2.05) is 6.07 Å². The lowest BCUT2D eigenvalue weighted by atomic mass is 9.96. The molecule has 0 bridgehead atoms. The van der Waals surface area contributed by atoms with E-state index in [9.17, 15) is 19.5 Å². The van der Waals surface area contributed by atoms with Gasteiger partial charge in [-0.15, -0.1) is 0 Å². The molecule has 0 spiro atoms. The monoisotopic (exact) mass is 618 g/mol. The number of anilines is 1. The Hall–Kier alpha value is -4.71. The number of aromatic nitrogens is 3. The Morgan fingerprint density at radius 1 is 1.05 bits per heavy atom. The lowest BCUT2D eigenvalue weighted by Crippen LogP contribution is -2.29. The van der Waals surface area contributed by atoms with Gasteiger partial charge in [0.1, 0.15) is 16.2 Å². The van der Waals surface area contributed by atoms with E-state index in [4.69, 9.17) is 14.2 Å². The zero-order chi connectivity index (χ0) is 31.5. The van der Waals surface area contributed by atoms with E-state index in [0.29, 0.717) is 40.7 Å².